The number of carbonyl (C=O) groups is 1. The van der Waals surface area contributed by atoms with Crippen molar-refractivity contribution in [1.29, 1.82) is 0 Å². The van der Waals surface area contributed by atoms with E-state index >= 15 is 0 Å². The number of amides is 1. The third-order valence-corrected chi connectivity index (χ3v) is 4.87. The monoisotopic (exact) mass is 400 g/mol. The third kappa shape index (κ3) is 4.50. The topological polar surface area (TPSA) is 59.9 Å². The molecule has 0 saturated heterocycles. The first kappa shape index (κ1) is 18.6. The number of halogens is 3. The molecule has 26 heavy (non-hydrogen) atoms. The quantitative estimate of drug-likeness (QED) is 0.803. The van der Waals surface area contributed by atoms with E-state index in [-0.39, 0.29) is 18.3 Å². The average Bonchev–Trinajstić information content (AvgIpc) is 3.23. The van der Waals surface area contributed by atoms with Crippen molar-refractivity contribution in [2.24, 2.45) is 5.16 Å². The molecule has 1 aromatic carbocycles. The van der Waals surface area contributed by atoms with Crippen LogP contribution in [0, 0.1) is 11.6 Å². The SMILES string of the molecule is C[C@H](COc1ccc(F)cc1F)NC(=O)[C@@H]1CC(c2ccc(Cl)s2)=NO1. The van der Waals surface area contributed by atoms with Gasteiger partial charge in [-0.05, 0) is 31.2 Å². The maximum absolute atomic E-state index is 13.5. The predicted octanol–water partition coefficient (Wildman–Crippen LogP) is 3.76. The Labute approximate surface area is 157 Å². The number of benzene rings is 1. The fourth-order valence-corrected chi connectivity index (χ4v) is 3.35. The van der Waals surface area contributed by atoms with Crippen LogP contribution in [0.3, 0.4) is 0 Å². The molecular weight excluding hydrogens is 386 g/mol. The molecule has 0 fully saturated rings. The number of rotatable bonds is 6. The summed E-state index contributed by atoms with van der Waals surface area (Å²) in [6.07, 6.45) is -0.404. The summed E-state index contributed by atoms with van der Waals surface area (Å²) in [6.45, 7) is 1.73. The molecule has 1 N–H and O–H groups in total. The molecule has 1 amide bonds. The Hall–Kier alpha value is -2.19. The lowest BCUT2D eigenvalue weighted by Crippen LogP contribution is -2.42. The van der Waals surface area contributed by atoms with Crippen LogP contribution in [-0.2, 0) is 9.63 Å². The highest BCUT2D eigenvalue weighted by Crippen LogP contribution is 2.26. The van der Waals surface area contributed by atoms with Crippen molar-refractivity contribution in [2.45, 2.75) is 25.5 Å². The number of ether oxygens (including phenoxy) is 1. The zero-order valence-electron chi connectivity index (χ0n) is 13.7. The fourth-order valence-electron chi connectivity index (χ4n) is 2.32. The summed E-state index contributed by atoms with van der Waals surface area (Å²) in [6, 6.07) is 6.21. The number of hydrogen-bond donors (Lipinski definition) is 1. The minimum atomic E-state index is -0.796. The van der Waals surface area contributed by atoms with E-state index in [2.05, 4.69) is 10.5 Å². The van der Waals surface area contributed by atoms with Crippen LogP contribution in [0.15, 0.2) is 35.5 Å². The van der Waals surface area contributed by atoms with E-state index in [1.54, 1.807) is 13.0 Å². The zero-order chi connectivity index (χ0) is 18.7. The first-order valence-electron chi connectivity index (χ1n) is 7.79. The van der Waals surface area contributed by atoms with Crippen molar-refractivity contribution in [3.05, 3.63) is 51.2 Å². The van der Waals surface area contributed by atoms with Gasteiger partial charge < -0.3 is 14.9 Å². The Kier molecular flexibility index (Phi) is 5.73. The summed E-state index contributed by atoms with van der Waals surface area (Å²) in [5, 5.41) is 6.65. The van der Waals surface area contributed by atoms with Gasteiger partial charge in [-0.3, -0.25) is 4.79 Å². The predicted molar refractivity (Wildman–Crippen MR) is 94.8 cm³/mol. The molecule has 0 radical (unpaired) electrons. The lowest BCUT2D eigenvalue weighted by atomic mass is 10.1. The lowest BCUT2D eigenvalue weighted by molar-refractivity contribution is -0.132. The van der Waals surface area contributed by atoms with E-state index in [0.29, 0.717) is 16.5 Å². The minimum absolute atomic E-state index is 0.0231. The van der Waals surface area contributed by atoms with E-state index in [0.717, 1.165) is 17.0 Å². The Bertz CT molecular complexity index is 843. The zero-order valence-corrected chi connectivity index (χ0v) is 15.2. The molecule has 0 spiro atoms. The molecule has 1 aromatic heterocycles. The van der Waals surface area contributed by atoms with Gasteiger partial charge in [-0.15, -0.1) is 11.3 Å². The average molecular weight is 401 g/mol. The smallest absolute Gasteiger partial charge is 0.264 e. The number of nitrogens with zero attached hydrogens (tertiary/aromatic N) is 1. The summed E-state index contributed by atoms with van der Waals surface area (Å²) in [7, 11) is 0. The first-order chi connectivity index (χ1) is 12.4. The highest BCUT2D eigenvalue weighted by Gasteiger charge is 2.30. The van der Waals surface area contributed by atoms with Crippen molar-refractivity contribution in [1.82, 2.24) is 5.32 Å². The second-order valence-corrected chi connectivity index (χ2v) is 7.45. The van der Waals surface area contributed by atoms with Crippen LogP contribution in [0.5, 0.6) is 5.75 Å². The van der Waals surface area contributed by atoms with Crippen molar-refractivity contribution >= 4 is 34.6 Å². The molecule has 0 unspecified atom stereocenters. The molecule has 138 valence electrons. The Morgan fingerprint density at radius 3 is 2.96 bits per heavy atom. The number of hydrogen-bond acceptors (Lipinski definition) is 5. The van der Waals surface area contributed by atoms with Gasteiger partial charge in [-0.1, -0.05) is 16.8 Å². The van der Waals surface area contributed by atoms with Crippen LogP contribution in [-0.4, -0.2) is 30.4 Å². The van der Waals surface area contributed by atoms with E-state index in [1.165, 1.54) is 17.4 Å². The van der Waals surface area contributed by atoms with Gasteiger partial charge in [-0.2, -0.15) is 0 Å². The summed E-state index contributed by atoms with van der Waals surface area (Å²) in [5.41, 5.74) is 0.666. The van der Waals surface area contributed by atoms with Crippen LogP contribution in [0.25, 0.3) is 0 Å². The van der Waals surface area contributed by atoms with Crippen LogP contribution < -0.4 is 10.1 Å². The summed E-state index contributed by atoms with van der Waals surface area (Å²) in [5.74, 6) is -1.90. The largest absolute Gasteiger partial charge is 0.488 e. The second kappa shape index (κ2) is 8.01. The fraction of sp³-hybridized carbons (Fsp3) is 0.294. The van der Waals surface area contributed by atoms with Gasteiger partial charge >= 0.3 is 0 Å². The van der Waals surface area contributed by atoms with Crippen molar-refractivity contribution < 1.29 is 23.1 Å². The molecule has 0 bridgehead atoms. The Balaban J connectivity index is 1.47. The molecule has 9 heteroatoms. The van der Waals surface area contributed by atoms with Crippen LogP contribution in [0.1, 0.15) is 18.2 Å². The maximum Gasteiger partial charge on any atom is 0.264 e. The minimum Gasteiger partial charge on any atom is -0.488 e. The van der Waals surface area contributed by atoms with Gasteiger partial charge in [0.25, 0.3) is 5.91 Å². The maximum atomic E-state index is 13.5. The highest BCUT2D eigenvalue weighted by atomic mass is 35.5. The van der Waals surface area contributed by atoms with E-state index < -0.39 is 23.8 Å². The molecule has 0 aliphatic carbocycles. The van der Waals surface area contributed by atoms with E-state index in [1.807, 2.05) is 6.07 Å². The second-order valence-electron chi connectivity index (χ2n) is 5.74. The van der Waals surface area contributed by atoms with Gasteiger partial charge in [0, 0.05) is 12.5 Å². The number of nitrogens with one attached hydrogen (secondary N) is 1. The van der Waals surface area contributed by atoms with E-state index in [9.17, 15) is 13.6 Å². The number of thiophene rings is 1. The molecular formula is C17H15ClF2N2O3S. The van der Waals surface area contributed by atoms with Crippen molar-refractivity contribution in [2.75, 3.05) is 6.61 Å². The van der Waals surface area contributed by atoms with Crippen molar-refractivity contribution in [3.63, 3.8) is 0 Å². The molecule has 2 aromatic rings. The van der Waals surface area contributed by atoms with Crippen LogP contribution in [0.2, 0.25) is 4.34 Å². The van der Waals surface area contributed by atoms with E-state index in [4.69, 9.17) is 21.2 Å². The molecule has 1 aliphatic heterocycles. The highest BCUT2D eigenvalue weighted by molar-refractivity contribution is 7.18. The first-order valence-corrected chi connectivity index (χ1v) is 8.98. The van der Waals surface area contributed by atoms with Gasteiger partial charge in [0.05, 0.1) is 15.3 Å². The molecule has 2 atom stereocenters. The lowest BCUT2D eigenvalue weighted by Gasteiger charge is -2.17. The molecule has 5 nitrogen and oxygen atoms in total. The van der Waals surface area contributed by atoms with Crippen LogP contribution in [0.4, 0.5) is 8.78 Å². The van der Waals surface area contributed by atoms with Gasteiger partial charge in [0.15, 0.2) is 11.6 Å². The Morgan fingerprint density at radius 2 is 2.27 bits per heavy atom. The van der Waals surface area contributed by atoms with Gasteiger partial charge in [0.1, 0.15) is 18.1 Å². The molecule has 3 rings (SSSR count). The van der Waals surface area contributed by atoms with Gasteiger partial charge in [-0.25, -0.2) is 8.78 Å². The Morgan fingerprint density at radius 1 is 1.46 bits per heavy atom. The van der Waals surface area contributed by atoms with Crippen LogP contribution >= 0.6 is 22.9 Å². The molecule has 1 aliphatic rings. The molecule has 2 heterocycles. The standard InChI is InChI=1S/C17H15ClF2N2O3S/c1-9(8-24-13-3-2-10(19)6-11(13)20)21-17(23)14-7-12(22-25-14)15-4-5-16(18)26-15/h2-6,9,14H,7-8H2,1H3,(H,21,23)/t9-,14+/m1/s1. The number of carbonyl (C=O) groups excluding carboxylic acids is 1. The number of oxime groups is 1. The third-order valence-electron chi connectivity index (χ3n) is 3.59. The van der Waals surface area contributed by atoms with Gasteiger partial charge in [0.2, 0.25) is 6.10 Å². The van der Waals surface area contributed by atoms with Crippen molar-refractivity contribution in [3.8, 4) is 5.75 Å². The summed E-state index contributed by atoms with van der Waals surface area (Å²) < 4.78 is 32.3. The summed E-state index contributed by atoms with van der Waals surface area (Å²) >= 11 is 7.26. The molecule has 0 saturated carbocycles. The summed E-state index contributed by atoms with van der Waals surface area (Å²) in [4.78, 5) is 18.3. The normalized spacial score (nSPS) is 17.4.